The summed E-state index contributed by atoms with van der Waals surface area (Å²) < 4.78 is 5.93. The first kappa shape index (κ1) is 20.0. The molecule has 1 amide bonds. The Balaban J connectivity index is 1.63. The fraction of sp³-hybridized carbons (Fsp3) is 0.261. The van der Waals surface area contributed by atoms with E-state index in [0.717, 1.165) is 33.4 Å². The number of carbonyl (C=O) groups is 1. The van der Waals surface area contributed by atoms with E-state index in [1.165, 1.54) is 0 Å². The quantitative estimate of drug-likeness (QED) is 0.522. The Morgan fingerprint density at radius 2 is 1.93 bits per heavy atom. The number of hydrogen-bond acceptors (Lipinski definition) is 3. The number of hydrogen-bond donors (Lipinski definition) is 2. The molecule has 2 aromatic carbocycles. The van der Waals surface area contributed by atoms with Crippen molar-refractivity contribution < 1.29 is 9.21 Å². The molecule has 0 saturated heterocycles. The lowest BCUT2D eigenvalue weighted by Gasteiger charge is -2.09. The van der Waals surface area contributed by atoms with Gasteiger partial charge in [0.25, 0.3) is 5.91 Å². The number of rotatable bonds is 7. The number of amides is 1. The molecule has 0 saturated carbocycles. The largest absolute Gasteiger partial charge is 0.459 e. The summed E-state index contributed by atoms with van der Waals surface area (Å²) in [5.74, 6) is 1.94. The van der Waals surface area contributed by atoms with Gasteiger partial charge < -0.3 is 15.1 Å². The van der Waals surface area contributed by atoms with Gasteiger partial charge in [0, 0.05) is 28.4 Å². The minimum absolute atomic E-state index is 0.0612. The number of furan rings is 1. The molecule has 2 N–H and O–H groups in total. The first-order chi connectivity index (χ1) is 13.4. The molecular formula is C23H25ClN2O2. The Labute approximate surface area is 170 Å². The molecule has 4 nitrogen and oxygen atoms in total. The predicted octanol–water partition coefficient (Wildman–Crippen LogP) is 5.91. The van der Waals surface area contributed by atoms with Crippen LogP contribution in [0.3, 0.4) is 0 Å². The average molecular weight is 397 g/mol. The Hall–Kier alpha value is -2.72. The van der Waals surface area contributed by atoms with E-state index in [-0.39, 0.29) is 5.91 Å². The van der Waals surface area contributed by atoms with Gasteiger partial charge >= 0.3 is 0 Å². The van der Waals surface area contributed by atoms with Crippen LogP contribution in [-0.2, 0) is 6.54 Å². The third-order valence-electron chi connectivity index (χ3n) is 4.38. The van der Waals surface area contributed by atoms with E-state index >= 15 is 0 Å². The van der Waals surface area contributed by atoms with Gasteiger partial charge in [-0.3, -0.25) is 4.79 Å². The van der Waals surface area contributed by atoms with Gasteiger partial charge in [-0.2, -0.15) is 0 Å². The average Bonchev–Trinajstić information content (AvgIpc) is 3.16. The summed E-state index contributed by atoms with van der Waals surface area (Å²) >= 11 is 6.21. The normalized spacial score (nSPS) is 10.9. The van der Waals surface area contributed by atoms with Crippen molar-refractivity contribution in [1.29, 1.82) is 0 Å². The number of aryl methyl sites for hydroxylation is 1. The van der Waals surface area contributed by atoms with Crippen LogP contribution in [0.15, 0.2) is 59.0 Å². The number of halogens is 1. The minimum atomic E-state index is -0.0612. The molecule has 0 fully saturated rings. The highest BCUT2D eigenvalue weighted by Crippen LogP contribution is 2.27. The molecule has 0 bridgehead atoms. The Morgan fingerprint density at radius 3 is 2.68 bits per heavy atom. The Kier molecular flexibility index (Phi) is 6.42. The lowest BCUT2D eigenvalue weighted by molar-refractivity contribution is 0.0949. The van der Waals surface area contributed by atoms with Gasteiger partial charge in [0.2, 0.25) is 0 Å². The second kappa shape index (κ2) is 8.98. The fourth-order valence-electron chi connectivity index (χ4n) is 2.73. The van der Waals surface area contributed by atoms with Crippen LogP contribution in [0.25, 0.3) is 11.3 Å². The van der Waals surface area contributed by atoms with Crippen molar-refractivity contribution >= 4 is 23.2 Å². The van der Waals surface area contributed by atoms with E-state index in [9.17, 15) is 4.79 Å². The molecule has 3 rings (SSSR count). The van der Waals surface area contributed by atoms with Gasteiger partial charge in [-0.05, 0) is 54.8 Å². The highest BCUT2D eigenvalue weighted by atomic mass is 35.5. The van der Waals surface area contributed by atoms with Crippen molar-refractivity contribution in [2.75, 3.05) is 11.9 Å². The summed E-state index contributed by atoms with van der Waals surface area (Å²) in [6, 6.07) is 17.2. The van der Waals surface area contributed by atoms with Crippen LogP contribution in [0, 0.1) is 12.8 Å². The van der Waals surface area contributed by atoms with Crippen molar-refractivity contribution in [3.8, 4) is 11.3 Å². The van der Waals surface area contributed by atoms with Gasteiger partial charge in [-0.25, -0.2) is 0 Å². The Morgan fingerprint density at radius 1 is 1.11 bits per heavy atom. The van der Waals surface area contributed by atoms with Crippen LogP contribution in [0.5, 0.6) is 0 Å². The molecule has 0 aliphatic heterocycles. The van der Waals surface area contributed by atoms with Gasteiger partial charge in [0.15, 0.2) is 0 Å². The van der Waals surface area contributed by atoms with Crippen LogP contribution in [0.4, 0.5) is 5.69 Å². The summed E-state index contributed by atoms with van der Waals surface area (Å²) in [5.41, 5.74) is 3.50. The molecule has 5 heteroatoms. The standard InChI is InChI=1S/C23H25ClN2O2/c1-15(2)13-26-23(27)18-5-4-6-19(11-18)25-14-20-9-10-22(28-20)17-8-7-16(3)21(24)12-17/h4-12,15,25H,13-14H2,1-3H3,(H,26,27). The molecule has 0 aliphatic rings. The maximum absolute atomic E-state index is 12.2. The third-order valence-corrected chi connectivity index (χ3v) is 4.79. The van der Waals surface area contributed by atoms with Crippen LogP contribution in [-0.4, -0.2) is 12.5 Å². The van der Waals surface area contributed by atoms with E-state index in [4.69, 9.17) is 16.0 Å². The number of carbonyl (C=O) groups excluding carboxylic acids is 1. The van der Waals surface area contributed by atoms with Crippen LogP contribution < -0.4 is 10.6 Å². The van der Waals surface area contributed by atoms with Crippen LogP contribution in [0.1, 0.15) is 35.5 Å². The maximum Gasteiger partial charge on any atom is 0.251 e. The zero-order chi connectivity index (χ0) is 20.1. The maximum atomic E-state index is 12.2. The minimum Gasteiger partial charge on any atom is -0.459 e. The van der Waals surface area contributed by atoms with E-state index in [2.05, 4.69) is 24.5 Å². The van der Waals surface area contributed by atoms with Crippen molar-refractivity contribution in [1.82, 2.24) is 5.32 Å². The van der Waals surface area contributed by atoms with Gasteiger partial charge in [0.05, 0.1) is 6.54 Å². The number of benzene rings is 2. The molecule has 28 heavy (non-hydrogen) atoms. The zero-order valence-corrected chi connectivity index (χ0v) is 17.1. The van der Waals surface area contributed by atoms with Crippen molar-refractivity contribution in [3.63, 3.8) is 0 Å². The molecular weight excluding hydrogens is 372 g/mol. The smallest absolute Gasteiger partial charge is 0.251 e. The fourth-order valence-corrected chi connectivity index (χ4v) is 2.91. The lowest BCUT2D eigenvalue weighted by Crippen LogP contribution is -2.27. The second-order valence-corrected chi connectivity index (χ2v) is 7.68. The summed E-state index contributed by atoms with van der Waals surface area (Å²) in [4.78, 5) is 12.2. The molecule has 0 radical (unpaired) electrons. The molecule has 3 aromatic rings. The highest BCUT2D eigenvalue weighted by molar-refractivity contribution is 6.31. The summed E-state index contributed by atoms with van der Waals surface area (Å²) in [6.45, 7) is 7.30. The van der Waals surface area contributed by atoms with Gasteiger partial charge in [0.1, 0.15) is 11.5 Å². The van der Waals surface area contributed by atoms with E-state index in [1.807, 2.05) is 61.5 Å². The van der Waals surface area contributed by atoms with Crippen molar-refractivity contribution in [2.24, 2.45) is 5.92 Å². The highest BCUT2D eigenvalue weighted by Gasteiger charge is 2.09. The second-order valence-electron chi connectivity index (χ2n) is 7.27. The SMILES string of the molecule is Cc1ccc(-c2ccc(CNc3cccc(C(=O)NCC(C)C)c3)o2)cc1Cl. The molecule has 146 valence electrons. The topological polar surface area (TPSA) is 54.3 Å². The molecule has 1 aromatic heterocycles. The summed E-state index contributed by atoms with van der Waals surface area (Å²) in [5, 5.41) is 6.96. The zero-order valence-electron chi connectivity index (χ0n) is 16.4. The summed E-state index contributed by atoms with van der Waals surface area (Å²) in [6.07, 6.45) is 0. The van der Waals surface area contributed by atoms with E-state index in [1.54, 1.807) is 0 Å². The number of nitrogens with one attached hydrogen (secondary N) is 2. The lowest BCUT2D eigenvalue weighted by atomic mass is 10.1. The van der Waals surface area contributed by atoms with Gasteiger partial charge in [-0.15, -0.1) is 0 Å². The van der Waals surface area contributed by atoms with E-state index < -0.39 is 0 Å². The molecule has 0 atom stereocenters. The van der Waals surface area contributed by atoms with E-state index in [0.29, 0.717) is 24.6 Å². The summed E-state index contributed by atoms with van der Waals surface area (Å²) in [7, 11) is 0. The number of anilines is 1. The van der Waals surface area contributed by atoms with Crippen LogP contribution >= 0.6 is 11.6 Å². The molecule has 0 spiro atoms. The molecule has 0 aliphatic carbocycles. The monoisotopic (exact) mass is 396 g/mol. The predicted molar refractivity (Wildman–Crippen MR) is 115 cm³/mol. The van der Waals surface area contributed by atoms with Crippen molar-refractivity contribution in [3.05, 3.63) is 76.5 Å². The molecule has 0 unspecified atom stereocenters. The van der Waals surface area contributed by atoms with Crippen molar-refractivity contribution in [2.45, 2.75) is 27.3 Å². The third kappa shape index (κ3) is 5.17. The first-order valence-corrected chi connectivity index (χ1v) is 9.77. The molecule has 1 heterocycles. The van der Waals surface area contributed by atoms with Gasteiger partial charge in [-0.1, -0.05) is 43.6 Å². The first-order valence-electron chi connectivity index (χ1n) is 9.40. The Bertz CT molecular complexity index is 963. The van der Waals surface area contributed by atoms with Crippen LogP contribution in [0.2, 0.25) is 5.02 Å².